The standard InChI is InChI=1S/C15H21BrN2O/c1-10-6-7-11(8-13(10)16)15(19)18-14-5-3-2-4-12(14)9-17/h6-8,12,14H,2-5,9,17H2,1H3,(H,18,19). The summed E-state index contributed by atoms with van der Waals surface area (Å²) >= 11 is 3.47. The van der Waals surface area contributed by atoms with Crippen LogP contribution in [0.15, 0.2) is 22.7 Å². The molecular formula is C15H21BrN2O. The molecule has 3 N–H and O–H groups in total. The normalized spacial score (nSPS) is 23.1. The van der Waals surface area contributed by atoms with E-state index in [9.17, 15) is 4.79 Å². The van der Waals surface area contributed by atoms with Gasteiger partial charge >= 0.3 is 0 Å². The molecule has 1 aromatic carbocycles. The number of carbonyl (C=O) groups is 1. The van der Waals surface area contributed by atoms with Gasteiger partial charge in [0, 0.05) is 16.1 Å². The first-order chi connectivity index (χ1) is 9.11. The van der Waals surface area contributed by atoms with Crippen molar-refractivity contribution in [1.82, 2.24) is 5.32 Å². The zero-order chi connectivity index (χ0) is 13.8. The Morgan fingerprint density at radius 1 is 1.42 bits per heavy atom. The fourth-order valence-corrected chi connectivity index (χ4v) is 3.04. The van der Waals surface area contributed by atoms with Crippen LogP contribution in [0.1, 0.15) is 41.6 Å². The van der Waals surface area contributed by atoms with E-state index in [2.05, 4.69) is 21.2 Å². The Morgan fingerprint density at radius 3 is 2.84 bits per heavy atom. The number of carbonyl (C=O) groups excluding carboxylic acids is 1. The average molecular weight is 325 g/mol. The molecule has 1 aliphatic rings. The van der Waals surface area contributed by atoms with Gasteiger partial charge in [0.25, 0.3) is 5.91 Å². The molecule has 0 aromatic heterocycles. The van der Waals surface area contributed by atoms with Crippen molar-refractivity contribution in [2.45, 2.75) is 38.6 Å². The summed E-state index contributed by atoms with van der Waals surface area (Å²) in [5, 5.41) is 3.14. The van der Waals surface area contributed by atoms with Gasteiger partial charge in [0.2, 0.25) is 0 Å². The van der Waals surface area contributed by atoms with Gasteiger partial charge in [-0.3, -0.25) is 4.79 Å². The summed E-state index contributed by atoms with van der Waals surface area (Å²) in [7, 11) is 0. The van der Waals surface area contributed by atoms with E-state index in [1.807, 2.05) is 25.1 Å². The molecule has 2 atom stereocenters. The molecule has 4 heteroatoms. The SMILES string of the molecule is Cc1ccc(C(=O)NC2CCCCC2CN)cc1Br. The molecule has 1 amide bonds. The topological polar surface area (TPSA) is 55.1 Å². The van der Waals surface area contributed by atoms with Crippen molar-refractivity contribution in [2.24, 2.45) is 11.7 Å². The second kappa shape index (κ2) is 6.53. The summed E-state index contributed by atoms with van der Waals surface area (Å²) in [6.07, 6.45) is 4.57. The summed E-state index contributed by atoms with van der Waals surface area (Å²) in [6.45, 7) is 2.67. The van der Waals surface area contributed by atoms with Gasteiger partial charge in [-0.15, -0.1) is 0 Å². The Hall–Kier alpha value is -0.870. The van der Waals surface area contributed by atoms with Crippen LogP contribution in [0.25, 0.3) is 0 Å². The number of aryl methyl sites for hydroxylation is 1. The molecule has 19 heavy (non-hydrogen) atoms. The molecule has 2 unspecified atom stereocenters. The Balaban J connectivity index is 2.05. The van der Waals surface area contributed by atoms with Crippen LogP contribution in [0, 0.1) is 12.8 Å². The highest BCUT2D eigenvalue weighted by molar-refractivity contribution is 9.10. The number of hydrogen-bond donors (Lipinski definition) is 2. The van der Waals surface area contributed by atoms with Gasteiger partial charge in [-0.25, -0.2) is 0 Å². The van der Waals surface area contributed by atoms with Crippen molar-refractivity contribution in [2.75, 3.05) is 6.54 Å². The zero-order valence-corrected chi connectivity index (χ0v) is 12.9. The van der Waals surface area contributed by atoms with Crippen molar-refractivity contribution in [3.05, 3.63) is 33.8 Å². The van der Waals surface area contributed by atoms with Crippen LogP contribution >= 0.6 is 15.9 Å². The van der Waals surface area contributed by atoms with Gasteiger partial charge in [0.1, 0.15) is 0 Å². The summed E-state index contributed by atoms with van der Waals surface area (Å²) in [6, 6.07) is 5.94. The fourth-order valence-electron chi connectivity index (χ4n) is 2.67. The quantitative estimate of drug-likeness (QED) is 0.898. The van der Waals surface area contributed by atoms with Crippen molar-refractivity contribution in [3.63, 3.8) is 0 Å². The Morgan fingerprint density at radius 2 is 2.16 bits per heavy atom. The van der Waals surface area contributed by atoms with Crippen molar-refractivity contribution in [3.8, 4) is 0 Å². The first-order valence-corrected chi connectivity index (χ1v) is 7.68. The Bertz CT molecular complexity index is 461. The Kier molecular flexibility index (Phi) is 4.99. The van der Waals surface area contributed by atoms with Crippen molar-refractivity contribution < 1.29 is 4.79 Å². The van der Waals surface area contributed by atoms with Crippen LogP contribution in [-0.2, 0) is 0 Å². The van der Waals surface area contributed by atoms with E-state index in [0.29, 0.717) is 18.0 Å². The lowest BCUT2D eigenvalue weighted by Crippen LogP contribution is -2.44. The minimum atomic E-state index is 0.00560. The number of nitrogens with two attached hydrogens (primary N) is 1. The predicted molar refractivity (Wildman–Crippen MR) is 81.1 cm³/mol. The van der Waals surface area contributed by atoms with Crippen molar-refractivity contribution >= 4 is 21.8 Å². The maximum atomic E-state index is 12.3. The molecule has 1 saturated carbocycles. The Labute approximate surface area is 123 Å². The van der Waals surface area contributed by atoms with Crippen LogP contribution in [0.5, 0.6) is 0 Å². The number of nitrogens with one attached hydrogen (secondary N) is 1. The minimum absolute atomic E-state index is 0.00560. The van der Waals surface area contributed by atoms with Gasteiger partial charge in [0.05, 0.1) is 0 Å². The van der Waals surface area contributed by atoms with Gasteiger partial charge < -0.3 is 11.1 Å². The number of rotatable bonds is 3. The molecule has 3 nitrogen and oxygen atoms in total. The summed E-state index contributed by atoms with van der Waals surface area (Å²) in [4.78, 5) is 12.3. The maximum Gasteiger partial charge on any atom is 0.251 e. The molecule has 1 aliphatic carbocycles. The van der Waals surface area contributed by atoms with E-state index in [-0.39, 0.29) is 11.9 Å². The molecule has 2 rings (SSSR count). The van der Waals surface area contributed by atoms with E-state index in [1.165, 1.54) is 12.8 Å². The van der Waals surface area contributed by atoms with Crippen LogP contribution in [0.3, 0.4) is 0 Å². The second-order valence-corrected chi connectivity index (χ2v) is 6.18. The smallest absolute Gasteiger partial charge is 0.251 e. The van der Waals surface area contributed by atoms with Crippen molar-refractivity contribution in [1.29, 1.82) is 0 Å². The largest absolute Gasteiger partial charge is 0.349 e. The molecule has 0 spiro atoms. The zero-order valence-electron chi connectivity index (χ0n) is 11.3. The lowest BCUT2D eigenvalue weighted by molar-refractivity contribution is 0.0908. The number of benzene rings is 1. The van der Waals surface area contributed by atoms with E-state index >= 15 is 0 Å². The monoisotopic (exact) mass is 324 g/mol. The molecule has 0 aliphatic heterocycles. The summed E-state index contributed by atoms with van der Waals surface area (Å²) < 4.78 is 0.971. The van der Waals surface area contributed by atoms with Gasteiger partial charge in [-0.1, -0.05) is 34.8 Å². The molecule has 1 aromatic rings. The third-order valence-corrected chi connectivity index (χ3v) is 4.82. The molecule has 0 heterocycles. The fraction of sp³-hybridized carbons (Fsp3) is 0.533. The first-order valence-electron chi connectivity index (χ1n) is 6.89. The molecule has 0 radical (unpaired) electrons. The number of halogens is 1. The lowest BCUT2D eigenvalue weighted by Gasteiger charge is -2.31. The second-order valence-electron chi connectivity index (χ2n) is 5.32. The van der Waals surface area contributed by atoms with Gasteiger partial charge in [-0.2, -0.15) is 0 Å². The molecular weight excluding hydrogens is 304 g/mol. The first kappa shape index (κ1) is 14.5. The maximum absolute atomic E-state index is 12.3. The summed E-state index contributed by atoms with van der Waals surface area (Å²) in [5.74, 6) is 0.428. The van der Waals surface area contributed by atoms with E-state index in [4.69, 9.17) is 5.73 Å². The van der Waals surface area contributed by atoms with Crippen LogP contribution in [0.4, 0.5) is 0 Å². The third-order valence-electron chi connectivity index (χ3n) is 3.96. The van der Waals surface area contributed by atoms with E-state index < -0.39 is 0 Å². The highest BCUT2D eigenvalue weighted by atomic mass is 79.9. The van der Waals surface area contributed by atoms with Gasteiger partial charge in [-0.05, 0) is 49.9 Å². The highest BCUT2D eigenvalue weighted by Gasteiger charge is 2.25. The molecule has 0 saturated heterocycles. The highest BCUT2D eigenvalue weighted by Crippen LogP contribution is 2.24. The van der Waals surface area contributed by atoms with E-state index in [1.54, 1.807) is 0 Å². The predicted octanol–water partition coefficient (Wildman–Crippen LogP) is 3.00. The minimum Gasteiger partial charge on any atom is -0.349 e. The van der Waals surface area contributed by atoms with Crippen LogP contribution in [0.2, 0.25) is 0 Å². The van der Waals surface area contributed by atoms with Gasteiger partial charge in [0.15, 0.2) is 0 Å². The lowest BCUT2D eigenvalue weighted by atomic mass is 9.84. The third kappa shape index (κ3) is 3.57. The number of amides is 1. The summed E-state index contributed by atoms with van der Waals surface area (Å²) in [5.41, 5.74) is 7.63. The average Bonchev–Trinajstić information content (AvgIpc) is 2.42. The molecule has 0 bridgehead atoms. The molecule has 1 fully saturated rings. The van der Waals surface area contributed by atoms with Crippen LogP contribution < -0.4 is 11.1 Å². The number of hydrogen-bond acceptors (Lipinski definition) is 2. The van der Waals surface area contributed by atoms with E-state index in [0.717, 1.165) is 22.9 Å². The van der Waals surface area contributed by atoms with Crippen LogP contribution in [-0.4, -0.2) is 18.5 Å². The molecule has 104 valence electrons.